The molecule has 0 aliphatic rings. The van der Waals surface area contributed by atoms with Gasteiger partial charge in [-0.05, 0) is 0 Å². The van der Waals surface area contributed by atoms with Crippen LogP contribution in [0.1, 0.15) is 0 Å². The van der Waals surface area contributed by atoms with Gasteiger partial charge in [0.25, 0.3) is 0 Å². The van der Waals surface area contributed by atoms with Crippen LogP contribution in [0.3, 0.4) is 0 Å². The van der Waals surface area contributed by atoms with Gasteiger partial charge in [-0.25, -0.2) is 0 Å². The molecule has 0 unspecified atom stereocenters. The molecular formula is C4H7S+. The van der Waals surface area contributed by atoms with Crippen LogP contribution in [0.25, 0.3) is 0 Å². The second-order valence-corrected chi connectivity index (χ2v) is 1.22. The molecule has 1 heteroatoms. The van der Waals surface area contributed by atoms with Gasteiger partial charge in [-0.1, -0.05) is 0 Å². The van der Waals surface area contributed by atoms with Crippen molar-refractivity contribution in [3.05, 3.63) is 19.1 Å². The Hall–Kier alpha value is -0.0400. The topological polar surface area (TPSA) is 0 Å². The van der Waals surface area contributed by atoms with Crippen LogP contribution in [-0.4, -0.2) is 5.75 Å². The number of thiol groups is 1. The highest BCUT2D eigenvalue weighted by Gasteiger charge is 1.78. The monoisotopic (exact) mass is 87.0 g/mol. The number of hydrogen-bond donors (Lipinski definition) is 1. The molecule has 0 aromatic rings. The van der Waals surface area contributed by atoms with E-state index < -0.39 is 0 Å². The first kappa shape index (κ1) is 4.96. The summed E-state index contributed by atoms with van der Waals surface area (Å²) >= 11 is 3.85. The second-order valence-electron chi connectivity index (χ2n) is 0.908. The first-order valence-corrected chi connectivity index (χ1v) is 2.01. The number of hydrogen-bond acceptors (Lipinski definition) is 1. The summed E-state index contributed by atoms with van der Waals surface area (Å²) < 4.78 is 0. The molecule has 0 heterocycles. The molecule has 28 valence electrons. The van der Waals surface area contributed by atoms with Crippen molar-refractivity contribution in [3.8, 4) is 0 Å². The molecule has 0 radical (unpaired) electrons. The highest BCUT2D eigenvalue weighted by molar-refractivity contribution is 7.80. The Bertz CT molecular complexity index is 38.9. The molecule has 0 amide bonds. The Kier molecular flexibility index (Phi) is 2.19. The zero-order valence-corrected chi connectivity index (χ0v) is 3.96. The van der Waals surface area contributed by atoms with Crippen molar-refractivity contribution >= 4 is 12.6 Å². The Balaban J connectivity index is 2.85. The first-order chi connectivity index (χ1) is 2.27. The van der Waals surface area contributed by atoms with Gasteiger partial charge in [-0.2, -0.15) is 12.6 Å². The van der Waals surface area contributed by atoms with Crippen LogP contribution in [0.4, 0.5) is 0 Å². The van der Waals surface area contributed by atoms with Gasteiger partial charge in [0.2, 0.25) is 0 Å². The van der Waals surface area contributed by atoms with E-state index >= 15 is 0 Å². The van der Waals surface area contributed by atoms with Crippen LogP contribution < -0.4 is 0 Å². The predicted molar refractivity (Wildman–Crippen MR) is 28.3 cm³/mol. The summed E-state index contributed by atoms with van der Waals surface area (Å²) in [6, 6.07) is 0. The zero-order valence-electron chi connectivity index (χ0n) is 3.07. The minimum absolute atomic E-state index is 0.694. The molecule has 0 spiro atoms. The molecule has 0 N–H and O–H groups in total. The highest BCUT2D eigenvalue weighted by atomic mass is 32.1. The fourth-order valence-corrected chi connectivity index (χ4v) is 0. The summed E-state index contributed by atoms with van der Waals surface area (Å²) in [5.74, 6) is 0.694. The fourth-order valence-electron chi connectivity index (χ4n) is 0. The molecule has 0 atom stereocenters. The van der Waals surface area contributed by atoms with E-state index in [1.165, 1.54) is 0 Å². The molecule has 0 saturated heterocycles. The van der Waals surface area contributed by atoms with Crippen molar-refractivity contribution in [1.29, 1.82) is 0 Å². The van der Waals surface area contributed by atoms with Crippen LogP contribution in [0.5, 0.6) is 0 Å². The molecule has 0 fully saturated rings. The third-order valence-electron chi connectivity index (χ3n) is 0.224. The van der Waals surface area contributed by atoms with Gasteiger partial charge in [0.15, 0.2) is 0 Å². The third kappa shape index (κ3) is 3.96. The summed E-state index contributed by atoms with van der Waals surface area (Å²) in [4.78, 5) is 0. The van der Waals surface area contributed by atoms with Crippen molar-refractivity contribution in [2.75, 3.05) is 5.75 Å². The molecular weight excluding hydrogens is 80.1 g/mol. The van der Waals surface area contributed by atoms with Gasteiger partial charge < -0.3 is 0 Å². The minimum Gasteiger partial charge on any atom is -0.171 e. The summed E-state index contributed by atoms with van der Waals surface area (Å²) in [5.41, 5.74) is 0.869. The smallest absolute Gasteiger partial charge is 0.106 e. The Morgan fingerprint density at radius 1 is 2.00 bits per heavy atom. The van der Waals surface area contributed by atoms with Gasteiger partial charge >= 0.3 is 0 Å². The Morgan fingerprint density at radius 3 is 2.20 bits per heavy atom. The maximum Gasteiger partial charge on any atom is 0.106 e. The molecule has 0 rings (SSSR count). The molecule has 0 aromatic carbocycles. The van der Waals surface area contributed by atoms with Crippen LogP contribution in [0.15, 0.2) is 12.2 Å². The van der Waals surface area contributed by atoms with Gasteiger partial charge in [0.1, 0.15) is 5.57 Å². The van der Waals surface area contributed by atoms with E-state index in [-0.39, 0.29) is 0 Å². The summed E-state index contributed by atoms with van der Waals surface area (Å²) in [7, 11) is 0. The van der Waals surface area contributed by atoms with E-state index in [0.29, 0.717) is 5.75 Å². The maximum absolute atomic E-state index is 3.85. The van der Waals surface area contributed by atoms with E-state index in [1.54, 1.807) is 0 Å². The Labute approximate surface area is 38.3 Å². The van der Waals surface area contributed by atoms with Gasteiger partial charge in [0.05, 0.1) is 5.75 Å². The molecule has 0 aliphatic carbocycles. The quantitative estimate of drug-likeness (QED) is 0.362. The second kappa shape index (κ2) is 2.21. The van der Waals surface area contributed by atoms with E-state index in [0.717, 1.165) is 5.57 Å². The molecule has 5 heavy (non-hydrogen) atoms. The van der Waals surface area contributed by atoms with Gasteiger partial charge in [0, 0.05) is 13.5 Å². The lowest BCUT2D eigenvalue weighted by atomic mass is 10.4. The number of rotatable bonds is 1. The molecule has 0 aliphatic heterocycles. The lowest BCUT2D eigenvalue weighted by molar-refractivity contribution is 1.61. The lowest BCUT2D eigenvalue weighted by Gasteiger charge is -1.69. The first-order valence-electron chi connectivity index (χ1n) is 1.38. The van der Waals surface area contributed by atoms with Crippen molar-refractivity contribution in [2.24, 2.45) is 0 Å². The van der Waals surface area contributed by atoms with E-state index in [1.807, 2.05) is 0 Å². The SMILES string of the molecule is C=C([CH2+])CS. The van der Waals surface area contributed by atoms with Crippen molar-refractivity contribution in [2.45, 2.75) is 0 Å². The third-order valence-corrected chi connectivity index (χ3v) is 0.671. The van der Waals surface area contributed by atoms with Gasteiger partial charge in [-0.15, -0.1) is 0 Å². The average molecular weight is 87.2 g/mol. The fraction of sp³-hybridized carbons (Fsp3) is 0.250. The largest absolute Gasteiger partial charge is 0.171 e. The zero-order chi connectivity index (χ0) is 4.28. The normalized spacial score (nSPS) is 7.40. The molecule has 0 bridgehead atoms. The summed E-state index contributed by atoms with van der Waals surface area (Å²) in [6.45, 7) is 6.97. The van der Waals surface area contributed by atoms with Gasteiger partial charge in [-0.3, -0.25) is 0 Å². The van der Waals surface area contributed by atoms with E-state index in [2.05, 4.69) is 26.1 Å². The molecule has 0 nitrogen and oxygen atoms in total. The van der Waals surface area contributed by atoms with Crippen LogP contribution in [-0.2, 0) is 0 Å². The van der Waals surface area contributed by atoms with Crippen LogP contribution in [0.2, 0.25) is 0 Å². The standard InChI is InChI=1S/C4H6S/c1-4(2)3-5/h1-3H2/p+1. The average Bonchev–Trinajstić information content (AvgIpc) is 1.38. The Morgan fingerprint density at radius 2 is 2.20 bits per heavy atom. The van der Waals surface area contributed by atoms with Crippen LogP contribution in [0, 0.1) is 6.92 Å². The van der Waals surface area contributed by atoms with Crippen molar-refractivity contribution in [1.82, 2.24) is 0 Å². The maximum atomic E-state index is 3.85. The lowest BCUT2D eigenvalue weighted by Crippen LogP contribution is -1.66. The van der Waals surface area contributed by atoms with Crippen molar-refractivity contribution in [3.63, 3.8) is 0 Å². The van der Waals surface area contributed by atoms with E-state index in [4.69, 9.17) is 0 Å². The molecule has 0 saturated carbocycles. The minimum atomic E-state index is 0.694. The van der Waals surface area contributed by atoms with Crippen LogP contribution >= 0.6 is 12.6 Å². The molecule has 0 aromatic heterocycles. The summed E-state index contributed by atoms with van der Waals surface area (Å²) in [5, 5.41) is 0. The summed E-state index contributed by atoms with van der Waals surface area (Å²) in [6.07, 6.45) is 0. The van der Waals surface area contributed by atoms with Crippen molar-refractivity contribution < 1.29 is 0 Å². The van der Waals surface area contributed by atoms with E-state index in [9.17, 15) is 0 Å². The predicted octanol–water partition coefficient (Wildman–Crippen LogP) is 1.31. The highest BCUT2D eigenvalue weighted by Crippen LogP contribution is 1.85.